The Morgan fingerprint density at radius 1 is 1.10 bits per heavy atom. The topological polar surface area (TPSA) is 98.2 Å². The monoisotopic (exact) mass is 542 g/mol. The molecule has 0 radical (unpaired) electrons. The van der Waals surface area contributed by atoms with E-state index in [-0.39, 0.29) is 17.4 Å². The highest BCUT2D eigenvalue weighted by atomic mass is 32.1. The third-order valence-corrected chi connectivity index (χ3v) is 7.93. The molecule has 0 unspecified atom stereocenters. The molecule has 2 aliphatic rings. The highest BCUT2D eigenvalue weighted by Crippen LogP contribution is 2.45. The zero-order valence-corrected chi connectivity index (χ0v) is 22.5. The number of anilines is 1. The predicted octanol–water partition coefficient (Wildman–Crippen LogP) is 5.65. The summed E-state index contributed by atoms with van der Waals surface area (Å²) in [6, 6.07) is 17.0. The van der Waals surface area contributed by atoms with Gasteiger partial charge in [0.25, 0.3) is 5.78 Å². The molecule has 0 bridgehead atoms. The number of ether oxygens (including phenoxy) is 3. The van der Waals surface area contributed by atoms with E-state index in [1.165, 1.54) is 16.2 Å². The first-order valence-electron chi connectivity index (χ1n) is 12.7. The predicted molar refractivity (Wildman–Crippen MR) is 149 cm³/mol. The average Bonchev–Trinajstić information content (AvgIpc) is 3.60. The first-order chi connectivity index (χ1) is 18.9. The Kier molecular flexibility index (Phi) is 6.23. The number of thiazole rings is 1. The van der Waals surface area contributed by atoms with Crippen molar-refractivity contribution >= 4 is 44.1 Å². The highest BCUT2D eigenvalue weighted by Gasteiger charge is 2.48. The molecule has 1 aromatic heterocycles. The van der Waals surface area contributed by atoms with E-state index in [1.54, 1.807) is 43.5 Å². The van der Waals surface area contributed by atoms with Gasteiger partial charge in [-0.2, -0.15) is 0 Å². The molecule has 8 nitrogen and oxygen atoms in total. The quantitative estimate of drug-likeness (QED) is 0.191. The minimum absolute atomic E-state index is 0.00587. The molecule has 0 spiro atoms. The van der Waals surface area contributed by atoms with Crippen molar-refractivity contribution in [1.29, 1.82) is 0 Å². The molecule has 4 aromatic rings. The van der Waals surface area contributed by atoms with Crippen molar-refractivity contribution in [1.82, 2.24) is 4.98 Å². The van der Waals surface area contributed by atoms with E-state index in [0.29, 0.717) is 46.3 Å². The summed E-state index contributed by atoms with van der Waals surface area (Å²) in [5.74, 6) is 0.328. The first-order valence-corrected chi connectivity index (χ1v) is 13.5. The van der Waals surface area contributed by atoms with Crippen molar-refractivity contribution in [2.24, 2.45) is 0 Å². The van der Waals surface area contributed by atoms with Crippen LogP contribution < -0.4 is 19.1 Å². The van der Waals surface area contributed by atoms with Gasteiger partial charge in [-0.15, -0.1) is 0 Å². The van der Waals surface area contributed by atoms with E-state index in [9.17, 15) is 14.7 Å². The van der Waals surface area contributed by atoms with E-state index in [0.717, 1.165) is 16.0 Å². The van der Waals surface area contributed by atoms with E-state index >= 15 is 0 Å². The van der Waals surface area contributed by atoms with Gasteiger partial charge in [-0.1, -0.05) is 23.5 Å². The molecule has 1 N–H and O–H groups in total. The fraction of sp³-hybridized carbons (Fsp3) is 0.233. The summed E-state index contributed by atoms with van der Waals surface area (Å²) >= 11 is 1.29. The van der Waals surface area contributed by atoms with Gasteiger partial charge in [-0.3, -0.25) is 14.5 Å². The molecule has 2 atom stereocenters. The van der Waals surface area contributed by atoms with Crippen molar-refractivity contribution in [3.05, 3.63) is 82.9 Å². The highest BCUT2D eigenvalue weighted by molar-refractivity contribution is 7.22. The number of carbonyl (C=O) groups excluding carboxylic acids is 2. The lowest BCUT2D eigenvalue weighted by Crippen LogP contribution is -2.29. The first kappa shape index (κ1) is 24.9. The van der Waals surface area contributed by atoms with Crippen molar-refractivity contribution in [3.63, 3.8) is 0 Å². The second-order valence-electron chi connectivity index (χ2n) is 9.46. The van der Waals surface area contributed by atoms with Crippen molar-refractivity contribution in [2.45, 2.75) is 32.4 Å². The molecule has 2 aliphatic heterocycles. The molecule has 1 saturated heterocycles. The Morgan fingerprint density at radius 3 is 2.62 bits per heavy atom. The summed E-state index contributed by atoms with van der Waals surface area (Å²) in [5.41, 5.74) is 2.73. The lowest BCUT2D eigenvalue weighted by molar-refractivity contribution is -0.132. The average molecular weight is 543 g/mol. The summed E-state index contributed by atoms with van der Waals surface area (Å²) in [7, 11) is 1.57. The summed E-state index contributed by atoms with van der Waals surface area (Å²) < 4.78 is 17.5. The molecule has 3 heterocycles. The minimum atomic E-state index is -0.883. The number of hydrogen-bond acceptors (Lipinski definition) is 8. The third kappa shape index (κ3) is 4.28. The zero-order chi connectivity index (χ0) is 27.3. The van der Waals surface area contributed by atoms with Crippen LogP contribution in [0.4, 0.5) is 5.13 Å². The van der Waals surface area contributed by atoms with Crippen LogP contribution in [0.15, 0.2) is 66.2 Å². The molecule has 1 amide bonds. The Morgan fingerprint density at radius 2 is 1.87 bits per heavy atom. The van der Waals surface area contributed by atoms with Crippen molar-refractivity contribution in [3.8, 4) is 17.2 Å². The number of benzene rings is 3. The Bertz CT molecular complexity index is 1640. The van der Waals surface area contributed by atoms with Crippen LogP contribution in [0, 0.1) is 0 Å². The molecule has 0 aliphatic carbocycles. The number of rotatable bonds is 6. The number of carbonyl (C=O) groups is 2. The van der Waals surface area contributed by atoms with E-state index in [4.69, 9.17) is 14.2 Å². The number of Topliss-reactive ketones (excluding diaryl/α,β-unsaturated/α-hetero) is 1. The summed E-state index contributed by atoms with van der Waals surface area (Å²) in [6.07, 6.45) is 0.729. The number of hydrogen-bond donors (Lipinski definition) is 1. The number of methoxy groups -OCH3 is 1. The number of ketones is 1. The second kappa shape index (κ2) is 9.74. The summed E-state index contributed by atoms with van der Waals surface area (Å²) in [6.45, 7) is 4.41. The van der Waals surface area contributed by atoms with Crippen molar-refractivity contribution < 1.29 is 28.9 Å². The van der Waals surface area contributed by atoms with Crippen LogP contribution >= 0.6 is 11.3 Å². The van der Waals surface area contributed by atoms with Crippen LogP contribution in [-0.2, 0) is 16.0 Å². The fourth-order valence-electron chi connectivity index (χ4n) is 5.11. The molecule has 198 valence electrons. The number of aromatic nitrogens is 1. The molecule has 6 rings (SSSR count). The Balaban J connectivity index is 1.50. The zero-order valence-electron chi connectivity index (χ0n) is 21.6. The minimum Gasteiger partial charge on any atom is -0.507 e. The van der Waals surface area contributed by atoms with E-state index in [2.05, 4.69) is 4.98 Å². The number of amides is 1. The molecular formula is C30H26N2O6S. The lowest BCUT2D eigenvalue weighted by Gasteiger charge is -2.23. The number of fused-ring (bicyclic) bond motifs is 2. The van der Waals surface area contributed by atoms with Gasteiger partial charge in [0.15, 0.2) is 5.13 Å². The second-order valence-corrected chi connectivity index (χ2v) is 10.5. The van der Waals surface area contributed by atoms with Crippen molar-refractivity contribution in [2.75, 3.05) is 18.6 Å². The largest absolute Gasteiger partial charge is 0.507 e. The van der Waals surface area contributed by atoms with Gasteiger partial charge < -0.3 is 19.3 Å². The molecule has 0 saturated carbocycles. The summed E-state index contributed by atoms with van der Waals surface area (Å²) in [5, 5.41) is 11.9. The van der Waals surface area contributed by atoms with Crippen LogP contribution in [0.5, 0.6) is 17.2 Å². The standard InChI is InChI=1S/C30H26N2O6S/c1-4-37-21-10-11-22-24(15-21)39-30(31-22)32-26(17-5-8-20(36-3)9-6-17)25(28(34)29(32)35)27(33)18-7-12-23-19(14-18)13-16(2)38-23/h5-12,14-16,26,33H,4,13H2,1-3H3/b27-25+/t16-,26+/m1/s1. The number of aliphatic hydroxyl groups is 1. The normalized spacial score (nSPS) is 19.8. The fourth-order valence-corrected chi connectivity index (χ4v) is 6.13. The Hall–Kier alpha value is -4.37. The van der Waals surface area contributed by atoms with Crippen LogP contribution in [0.25, 0.3) is 16.0 Å². The molecule has 39 heavy (non-hydrogen) atoms. The maximum absolute atomic E-state index is 13.6. The van der Waals surface area contributed by atoms with E-state index < -0.39 is 17.7 Å². The van der Waals surface area contributed by atoms with Crippen LogP contribution in [0.1, 0.15) is 36.6 Å². The smallest absolute Gasteiger partial charge is 0.301 e. The van der Waals surface area contributed by atoms with E-state index in [1.807, 2.05) is 38.1 Å². The lowest BCUT2D eigenvalue weighted by atomic mass is 9.94. The third-order valence-electron chi connectivity index (χ3n) is 6.91. The number of aliphatic hydroxyl groups excluding tert-OH is 1. The molecular weight excluding hydrogens is 516 g/mol. The molecule has 1 fully saturated rings. The maximum atomic E-state index is 13.6. The van der Waals surface area contributed by atoms with Crippen LogP contribution in [-0.4, -0.2) is 41.6 Å². The van der Waals surface area contributed by atoms with Gasteiger partial charge in [0.1, 0.15) is 29.1 Å². The van der Waals surface area contributed by atoms with Gasteiger partial charge in [0, 0.05) is 12.0 Å². The summed E-state index contributed by atoms with van der Waals surface area (Å²) in [4.78, 5) is 33.2. The number of nitrogens with zero attached hydrogens (tertiary/aromatic N) is 2. The molecule has 3 aromatic carbocycles. The van der Waals surface area contributed by atoms with Gasteiger partial charge in [0.2, 0.25) is 0 Å². The van der Waals surface area contributed by atoms with Gasteiger partial charge in [-0.05, 0) is 73.5 Å². The van der Waals surface area contributed by atoms with Crippen LogP contribution in [0.3, 0.4) is 0 Å². The maximum Gasteiger partial charge on any atom is 0.301 e. The van der Waals surface area contributed by atoms with Gasteiger partial charge >= 0.3 is 5.91 Å². The molecule has 9 heteroatoms. The van der Waals surface area contributed by atoms with Gasteiger partial charge in [-0.25, -0.2) is 4.98 Å². The van der Waals surface area contributed by atoms with Crippen LogP contribution in [0.2, 0.25) is 0 Å². The SMILES string of the molecule is CCOc1ccc2nc(N3C(=O)C(=O)/C(=C(/O)c4ccc5c(c4)C[C@@H](C)O5)[C@@H]3c3ccc(OC)cc3)sc2c1. The Labute approximate surface area is 229 Å². The van der Waals surface area contributed by atoms with Gasteiger partial charge in [0.05, 0.1) is 35.5 Å².